The molecule has 4 aromatic carbocycles. The van der Waals surface area contributed by atoms with Gasteiger partial charge in [0.25, 0.3) is 0 Å². The van der Waals surface area contributed by atoms with Gasteiger partial charge in [-0.1, -0.05) is 54.6 Å². The first-order chi connectivity index (χ1) is 21.1. The largest absolute Gasteiger partial charge is 0.508 e. The van der Waals surface area contributed by atoms with E-state index in [1.54, 1.807) is 20.3 Å². The van der Waals surface area contributed by atoms with Gasteiger partial charge < -0.3 is 29.5 Å². The highest BCUT2D eigenvalue weighted by Crippen LogP contribution is 2.35. The van der Waals surface area contributed by atoms with Crippen LogP contribution >= 0.6 is 0 Å². The second kappa shape index (κ2) is 14.8. The molecule has 1 heterocycles. The molecule has 0 saturated carbocycles. The Kier molecular flexibility index (Phi) is 10.4. The zero-order valence-corrected chi connectivity index (χ0v) is 25.5. The molecule has 1 saturated heterocycles. The van der Waals surface area contributed by atoms with E-state index in [-0.39, 0.29) is 0 Å². The molecule has 1 aliphatic rings. The molecule has 43 heavy (non-hydrogen) atoms. The van der Waals surface area contributed by atoms with Crippen LogP contribution in [0.2, 0.25) is 0 Å². The predicted molar refractivity (Wildman–Crippen MR) is 174 cm³/mol. The Balaban J connectivity index is 1.11. The monoisotopic (exact) mass is 581 g/mol. The first kappa shape index (κ1) is 30.3. The minimum absolute atomic E-state index is 0.321. The van der Waals surface area contributed by atoms with Crippen molar-refractivity contribution in [3.8, 4) is 34.1 Å². The molecular weight excluding hydrogens is 538 g/mol. The molecule has 0 amide bonds. The highest BCUT2D eigenvalue weighted by Gasteiger charge is 2.18. The fourth-order valence-electron chi connectivity index (χ4n) is 5.71. The van der Waals surface area contributed by atoms with Crippen LogP contribution in [0.25, 0.3) is 11.1 Å². The lowest BCUT2D eigenvalue weighted by molar-refractivity contribution is 0.253. The molecule has 0 aromatic heterocycles. The van der Waals surface area contributed by atoms with Crippen molar-refractivity contribution in [2.75, 3.05) is 58.4 Å². The molecule has 226 valence electrons. The third-order valence-electron chi connectivity index (χ3n) is 8.20. The summed E-state index contributed by atoms with van der Waals surface area (Å²) in [6, 6.07) is 28.2. The molecule has 0 unspecified atom stereocenters. The number of anilines is 1. The maximum Gasteiger partial charge on any atom is 0.130 e. The first-order valence-corrected chi connectivity index (χ1v) is 15.0. The van der Waals surface area contributed by atoms with Gasteiger partial charge in [0.2, 0.25) is 0 Å². The molecule has 7 heteroatoms. The van der Waals surface area contributed by atoms with Crippen LogP contribution in [0.1, 0.15) is 23.1 Å². The third-order valence-corrected chi connectivity index (χ3v) is 8.20. The zero-order valence-electron chi connectivity index (χ0n) is 25.5. The van der Waals surface area contributed by atoms with Gasteiger partial charge in [0.15, 0.2) is 0 Å². The van der Waals surface area contributed by atoms with Crippen LogP contribution in [-0.2, 0) is 13.2 Å². The second-order valence-corrected chi connectivity index (χ2v) is 10.9. The Morgan fingerprint density at radius 1 is 0.814 bits per heavy atom. The molecule has 0 aliphatic carbocycles. The quantitative estimate of drug-likeness (QED) is 0.181. The lowest BCUT2D eigenvalue weighted by Gasteiger charge is -2.36. The molecule has 2 N–H and O–H groups in total. The van der Waals surface area contributed by atoms with Gasteiger partial charge >= 0.3 is 0 Å². The summed E-state index contributed by atoms with van der Waals surface area (Å²) in [4.78, 5) is 4.84. The number of benzene rings is 4. The van der Waals surface area contributed by atoms with Gasteiger partial charge in [0.1, 0.15) is 29.6 Å². The standard InChI is InChI=1S/C36H43N3O4/c1-27-29(12-7-15-33(27)28-10-5-4-6-11-28)26-43-32-23-35(41-2)34(36(24-32)42-3)25-37-16-9-17-38-18-20-39(21-19-38)30-13-8-14-31(40)22-30/h4-8,10-15,22-24,37,40H,9,16-21,25-26H2,1-3H3. The van der Waals surface area contributed by atoms with Crippen molar-refractivity contribution < 1.29 is 19.3 Å². The average molecular weight is 582 g/mol. The van der Waals surface area contributed by atoms with Gasteiger partial charge in [-0.25, -0.2) is 0 Å². The van der Waals surface area contributed by atoms with Crippen LogP contribution in [0.3, 0.4) is 0 Å². The van der Waals surface area contributed by atoms with Crippen molar-refractivity contribution in [3.05, 3.63) is 102 Å². The second-order valence-electron chi connectivity index (χ2n) is 10.9. The number of phenolic OH excluding ortho intramolecular Hbond substituents is 1. The summed E-state index contributed by atoms with van der Waals surface area (Å²) in [5.41, 5.74) is 6.86. The number of phenols is 1. The molecule has 0 bridgehead atoms. The van der Waals surface area contributed by atoms with Crippen LogP contribution < -0.4 is 24.4 Å². The van der Waals surface area contributed by atoms with Gasteiger partial charge in [-0.3, -0.25) is 4.90 Å². The van der Waals surface area contributed by atoms with Crippen molar-refractivity contribution in [2.45, 2.75) is 26.5 Å². The molecule has 1 aliphatic heterocycles. The van der Waals surface area contributed by atoms with Crippen molar-refractivity contribution in [1.29, 1.82) is 0 Å². The number of hydrogen-bond donors (Lipinski definition) is 2. The average Bonchev–Trinajstić information content (AvgIpc) is 3.05. The smallest absolute Gasteiger partial charge is 0.130 e. The number of nitrogens with zero attached hydrogens (tertiary/aromatic N) is 2. The fourth-order valence-corrected chi connectivity index (χ4v) is 5.71. The Hall–Kier alpha value is -4.20. The molecule has 0 radical (unpaired) electrons. The van der Waals surface area contributed by atoms with Crippen molar-refractivity contribution in [3.63, 3.8) is 0 Å². The Labute approximate surface area is 255 Å². The lowest BCUT2D eigenvalue weighted by atomic mass is 9.97. The van der Waals surface area contributed by atoms with E-state index < -0.39 is 0 Å². The Morgan fingerprint density at radius 3 is 2.23 bits per heavy atom. The summed E-state index contributed by atoms with van der Waals surface area (Å²) >= 11 is 0. The molecule has 0 spiro atoms. The van der Waals surface area contributed by atoms with E-state index in [1.807, 2.05) is 30.3 Å². The van der Waals surface area contributed by atoms with Crippen LogP contribution in [0.15, 0.2) is 84.9 Å². The predicted octanol–water partition coefficient (Wildman–Crippen LogP) is 6.27. The summed E-state index contributed by atoms with van der Waals surface area (Å²) in [5.74, 6) is 2.53. The van der Waals surface area contributed by atoms with Crippen molar-refractivity contribution >= 4 is 5.69 Å². The van der Waals surface area contributed by atoms with Crippen molar-refractivity contribution in [2.24, 2.45) is 0 Å². The summed E-state index contributed by atoms with van der Waals surface area (Å²) in [5, 5.41) is 13.3. The number of ether oxygens (including phenoxy) is 3. The summed E-state index contributed by atoms with van der Waals surface area (Å²) in [7, 11) is 3.37. The van der Waals surface area contributed by atoms with Crippen LogP contribution in [0.4, 0.5) is 5.69 Å². The molecule has 7 nitrogen and oxygen atoms in total. The zero-order chi connectivity index (χ0) is 30.0. The normalized spacial score (nSPS) is 13.6. The van der Waals surface area contributed by atoms with Gasteiger partial charge in [0, 0.05) is 56.6 Å². The molecular formula is C36H43N3O4. The van der Waals surface area contributed by atoms with Gasteiger partial charge in [0.05, 0.1) is 19.8 Å². The molecule has 4 aromatic rings. The first-order valence-electron chi connectivity index (χ1n) is 15.0. The highest BCUT2D eigenvalue weighted by atomic mass is 16.5. The minimum atomic E-state index is 0.321. The summed E-state index contributed by atoms with van der Waals surface area (Å²) in [6.45, 7) is 9.18. The molecule has 0 atom stereocenters. The van der Waals surface area contributed by atoms with Crippen LogP contribution in [-0.4, -0.2) is 63.5 Å². The van der Waals surface area contributed by atoms with E-state index >= 15 is 0 Å². The van der Waals surface area contributed by atoms with E-state index in [2.05, 4.69) is 70.6 Å². The Bertz CT molecular complexity index is 1440. The third kappa shape index (κ3) is 7.80. The number of aromatic hydroxyl groups is 1. The van der Waals surface area contributed by atoms with E-state index in [0.29, 0.717) is 24.7 Å². The van der Waals surface area contributed by atoms with Crippen molar-refractivity contribution in [1.82, 2.24) is 10.2 Å². The summed E-state index contributed by atoms with van der Waals surface area (Å²) in [6.07, 6.45) is 1.05. The van der Waals surface area contributed by atoms with E-state index in [1.165, 1.54) is 16.7 Å². The number of nitrogens with one attached hydrogen (secondary N) is 1. The number of rotatable bonds is 13. The molecule has 1 fully saturated rings. The maximum absolute atomic E-state index is 9.78. The highest BCUT2D eigenvalue weighted by molar-refractivity contribution is 5.68. The molecule has 5 rings (SSSR count). The van der Waals surface area contributed by atoms with E-state index in [4.69, 9.17) is 14.2 Å². The topological polar surface area (TPSA) is 66.4 Å². The van der Waals surface area contributed by atoms with Crippen LogP contribution in [0.5, 0.6) is 23.0 Å². The number of methoxy groups -OCH3 is 2. The number of piperazine rings is 1. The lowest BCUT2D eigenvalue weighted by Crippen LogP contribution is -2.46. The summed E-state index contributed by atoms with van der Waals surface area (Å²) < 4.78 is 17.8. The van der Waals surface area contributed by atoms with Crippen LogP contribution in [0, 0.1) is 6.92 Å². The maximum atomic E-state index is 9.78. The van der Waals surface area contributed by atoms with Gasteiger partial charge in [-0.2, -0.15) is 0 Å². The Morgan fingerprint density at radius 2 is 1.53 bits per heavy atom. The number of hydrogen-bond acceptors (Lipinski definition) is 7. The van der Waals surface area contributed by atoms with Gasteiger partial charge in [-0.15, -0.1) is 0 Å². The van der Waals surface area contributed by atoms with Gasteiger partial charge in [-0.05, 0) is 60.8 Å². The SMILES string of the molecule is COc1cc(OCc2cccc(-c3ccccc3)c2C)cc(OC)c1CNCCCN1CCN(c2cccc(O)c2)CC1. The van der Waals surface area contributed by atoms with E-state index in [0.717, 1.165) is 74.0 Å². The fraction of sp³-hybridized carbons (Fsp3) is 0.333. The van der Waals surface area contributed by atoms with E-state index in [9.17, 15) is 5.11 Å². The minimum Gasteiger partial charge on any atom is -0.508 e.